The summed E-state index contributed by atoms with van der Waals surface area (Å²) in [5.41, 5.74) is 2.43. The lowest BCUT2D eigenvalue weighted by Crippen LogP contribution is -2.06. The highest BCUT2D eigenvalue weighted by Crippen LogP contribution is 2.26. The molecule has 0 spiro atoms. The zero-order valence-corrected chi connectivity index (χ0v) is 13.1. The summed E-state index contributed by atoms with van der Waals surface area (Å²) in [4.78, 5) is 11.6. The molecule has 0 saturated heterocycles. The average Bonchev–Trinajstić information content (AvgIpc) is 2.50. The smallest absolute Gasteiger partial charge is 0.331 e. The van der Waals surface area contributed by atoms with Crippen LogP contribution in [0.3, 0.4) is 0 Å². The standard InChI is InChI=1S/C18H26O3/c1-3-4-5-9-12-17(18(19)20)16(13-14-21-2)15-10-7-6-8-11-15/h6-8,10-11H,3-5,9,12-14H2,1-2H3,(H,19,20). The van der Waals surface area contributed by atoms with Gasteiger partial charge in [-0.15, -0.1) is 0 Å². The van der Waals surface area contributed by atoms with Gasteiger partial charge >= 0.3 is 5.97 Å². The maximum atomic E-state index is 11.6. The summed E-state index contributed by atoms with van der Waals surface area (Å²) >= 11 is 0. The highest BCUT2D eigenvalue weighted by molar-refractivity contribution is 5.96. The van der Waals surface area contributed by atoms with E-state index in [0.29, 0.717) is 25.0 Å². The Morgan fingerprint density at radius 3 is 2.38 bits per heavy atom. The SMILES string of the molecule is CCCCCCC(C(=O)O)=C(CCOC)c1ccccc1. The molecule has 0 heterocycles. The van der Waals surface area contributed by atoms with Crippen LogP contribution in [0.25, 0.3) is 5.57 Å². The van der Waals surface area contributed by atoms with Crippen LogP contribution in [0.4, 0.5) is 0 Å². The van der Waals surface area contributed by atoms with Crippen molar-refractivity contribution in [2.24, 2.45) is 0 Å². The normalized spacial score (nSPS) is 12.1. The minimum Gasteiger partial charge on any atom is -0.478 e. The molecular weight excluding hydrogens is 264 g/mol. The first-order valence-electron chi connectivity index (χ1n) is 7.70. The summed E-state index contributed by atoms with van der Waals surface area (Å²) in [6.45, 7) is 2.69. The van der Waals surface area contributed by atoms with Crippen LogP contribution in [0, 0.1) is 0 Å². The van der Waals surface area contributed by atoms with Crippen LogP contribution in [0.2, 0.25) is 0 Å². The van der Waals surface area contributed by atoms with Crippen LogP contribution in [0.5, 0.6) is 0 Å². The van der Waals surface area contributed by atoms with Crippen molar-refractivity contribution in [1.82, 2.24) is 0 Å². The van der Waals surface area contributed by atoms with Crippen LogP contribution in [-0.2, 0) is 9.53 Å². The predicted molar refractivity (Wildman–Crippen MR) is 86.2 cm³/mol. The molecule has 0 atom stereocenters. The zero-order valence-electron chi connectivity index (χ0n) is 13.1. The lowest BCUT2D eigenvalue weighted by molar-refractivity contribution is -0.132. The van der Waals surface area contributed by atoms with E-state index in [1.807, 2.05) is 30.3 Å². The van der Waals surface area contributed by atoms with Crippen molar-refractivity contribution in [3.63, 3.8) is 0 Å². The van der Waals surface area contributed by atoms with E-state index < -0.39 is 5.97 Å². The highest BCUT2D eigenvalue weighted by atomic mass is 16.5. The zero-order chi connectivity index (χ0) is 15.5. The van der Waals surface area contributed by atoms with Crippen molar-refractivity contribution in [2.45, 2.75) is 45.4 Å². The molecule has 0 bridgehead atoms. The Bertz CT molecular complexity index is 449. The summed E-state index contributed by atoms with van der Waals surface area (Å²) in [6.07, 6.45) is 5.59. The first-order valence-corrected chi connectivity index (χ1v) is 7.70. The number of hydrogen-bond acceptors (Lipinski definition) is 2. The molecule has 0 saturated carbocycles. The van der Waals surface area contributed by atoms with Gasteiger partial charge in [-0.1, -0.05) is 56.5 Å². The minimum atomic E-state index is -0.804. The lowest BCUT2D eigenvalue weighted by Gasteiger charge is -2.13. The van der Waals surface area contributed by atoms with Crippen LogP contribution in [0.15, 0.2) is 35.9 Å². The number of ether oxygens (including phenoxy) is 1. The Labute approximate surface area is 127 Å². The van der Waals surface area contributed by atoms with Crippen LogP contribution >= 0.6 is 0 Å². The lowest BCUT2D eigenvalue weighted by atomic mass is 9.93. The van der Waals surface area contributed by atoms with Gasteiger partial charge in [0.05, 0.1) is 6.61 Å². The number of aliphatic carboxylic acids is 1. The second-order valence-corrected chi connectivity index (χ2v) is 5.18. The quantitative estimate of drug-likeness (QED) is 0.508. The average molecular weight is 290 g/mol. The van der Waals surface area contributed by atoms with Gasteiger partial charge in [0.2, 0.25) is 0 Å². The number of methoxy groups -OCH3 is 1. The monoisotopic (exact) mass is 290 g/mol. The third-order valence-corrected chi connectivity index (χ3v) is 3.58. The maximum absolute atomic E-state index is 11.6. The van der Waals surface area contributed by atoms with Crippen molar-refractivity contribution < 1.29 is 14.6 Å². The molecule has 0 aliphatic carbocycles. The molecule has 1 aromatic carbocycles. The van der Waals surface area contributed by atoms with Crippen molar-refractivity contribution in [2.75, 3.05) is 13.7 Å². The Kier molecular flexibility index (Phi) is 8.44. The second-order valence-electron chi connectivity index (χ2n) is 5.18. The number of hydrogen-bond donors (Lipinski definition) is 1. The van der Waals surface area contributed by atoms with Gasteiger partial charge in [-0.3, -0.25) is 0 Å². The van der Waals surface area contributed by atoms with Gasteiger partial charge in [-0.05, 0) is 30.4 Å². The summed E-state index contributed by atoms with van der Waals surface area (Å²) in [5, 5.41) is 9.56. The van der Waals surface area contributed by atoms with Crippen LogP contribution in [-0.4, -0.2) is 24.8 Å². The fraction of sp³-hybridized carbons (Fsp3) is 0.500. The van der Waals surface area contributed by atoms with E-state index in [-0.39, 0.29) is 0 Å². The maximum Gasteiger partial charge on any atom is 0.331 e. The van der Waals surface area contributed by atoms with Gasteiger partial charge in [0.25, 0.3) is 0 Å². The van der Waals surface area contributed by atoms with E-state index >= 15 is 0 Å². The van der Waals surface area contributed by atoms with Gasteiger partial charge in [-0.25, -0.2) is 4.79 Å². The van der Waals surface area contributed by atoms with E-state index in [1.165, 1.54) is 0 Å². The third-order valence-electron chi connectivity index (χ3n) is 3.58. The number of benzene rings is 1. The van der Waals surface area contributed by atoms with Crippen LogP contribution in [0.1, 0.15) is 51.0 Å². The molecule has 0 amide bonds. The topological polar surface area (TPSA) is 46.5 Å². The summed E-state index contributed by atoms with van der Waals surface area (Å²) in [7, 11) is 1.64. The largest absolute Gasteiger partial charge is 0.478 e. The van der Waals surface area contributed by atoms with E-state index in [4.69, 9.17) is 4.74 Å². The van der Waals surface area contributed by atoms with Crippen molar-refractivity contribution in [1.29, 1.82) is 0 Å². The molecule has 1 N–H and O–H groups in total. The molecule has 0 aliphatic rings. The van der Waals surface area contributed by atoms with Crippen LogP contribution < -0.4 is 0 Å². The molecule has 0 unspecified atom stereocenters. The van der Waals surface area contributed by atoms with E-state index in [2.05, 4.69) is 6.92 Å². The molecule has 21 heavy (non-hydrogen) atoms. The van der Waals surface area contributed by atoms with Gasteiger partial charge in [-0.2, -0.15) is 0 Å². The fourth-order valence-corrected chi connectivity index (χ4v) is 2.43. The van der Waals surface area contributed by atoms with E-state index in [1.54, 1.807) is 7.11 Å². The predicted octanol–water partition coefficient (Wildman–Crippen LogP) is 4.53. The Morgan fingerprint density at radius 1 is 1.10 bits per heavy atom. The van der Waals surface area contributed by atoms with Gasteiger partial charge in [0, 0.05) is 12.7 Å². The van der Waals surface area contributed by atoms with Gasteiger partial charge in [0.1, 0.15) is 0 Å². The molecule has 0 aromatic heterocycles. The number of rotatable bonds is 10. The van der Waals surface area contributed by atoms with E-state index in [0.717, 1.165) is 36.8 Å². The van der Waals surface area contributed by atoms with Crippen molar-refractivity contribution in [3.05, 3.63) is 41.5 Å². The molecular formula is C18H26O3. The fourth-order valence-electron chi connectivity index (χ4n) is 2.43. The van der Waals surface area contributed by atoms with Crippen molar-refractivity contribution >= 4 is 11.5 Å². The summed E-state index contributed by atoms with van der Waals surface area (Å²) in [6, 6.07) is 9.77. The third kappa shape index (κ3) is 6.13. The Morgan fingerprint density at radius 2 is 1.81 bits per heavy atom. The highest BCUT2D eigenvalue weighted by Gasteiger charge is 2.15. The molecule has 1 rings (SSSR count). The summed E-state index contributed by atoms with van der Waals surface area (Å²) < 4.78 is 5.14. The van der Waals surface area contributed by atoms with Gasteiger partial charge in [0.15, 0.2) is 0 Å². The van der Waals surface area contributed by atoms with Crippen molar-refractivity contribution in [3.8, 4) is 0 Å². The van der Waals surface area contributed by atoms with Gasteiger partial charge < -0.3 is 9.84 Å². The molecule has 116 valence electrons. The van der Waals surface area contributed by atoms with E-state index in [9.17, 15) is 9.90 Å². The Balaban J connectivity index is 2.98. The number of carbonyl (C=O) groups is 1. The molecule has 0 fully saturated rings. The molecule has 0 radical (unpaired) electrons. The second kappa shape index (κ2) is 10.2. The first kappa shape index (κ1) is 17.4. The molecule has 3 heteroatoms. The Hall–Kier alpha value is -1.61. The number of carboxylic acid groups (broad SMARTS) is 1. The summed E-state index contributed by atoms with van der Waals surface area (Å²) in [5.74, 6) is -0.804. The number of unbranched alkanes of at least 4 members (excludes halogenated alkanes) is 3. The number of carboxylic acids is 1. The minimum absolute atomic E-state index is 0.536. The molecule has 3 nitrogen and oxygen atoms in total. The molecule has 1 aromatic rings. The molecule has 0 aliphatic heterocycles. The first-order chi connectivity index (χ1) is 10.2.